The summed E-state index contributed by atoms with van der Waals surface area (Å²) in [5.74, 6) is -3.31. The lowest BCUT2D eigenvalue weighted by molar-refractivity contribution is -0.143. The Morgan fingerprint density at radius 1 is 1.00 bits per heavy atom. The second kappa shape index (κ2) is 14.5. The summed E-state index contributed by atoms with van der Waals surface area (Å²) in [5, 5.41) is 22.7. The second-order valence-corrected chi connectivity index (χ2v) is 7.22. The van der Waals surface area contributed by atoms with Crippen molar-refractivity contribution in [2.45, 2.75) is 50.2 Å². The number of guanidine groups is 1. The molecule has 3 atom stereocenters. The van der Waals surface area contributed by atoms with E-state index in [4.69, 9.17) is 22.3 Å². The topological polar surface area (TPSA) is 223 Å². The standard InChI is InChI=1S/C16H30N6O6S/c1-29-8-6-9(17)13(25)21-10(3-2-7-20-16(18)19)14(26)22-11(15(27)28)4-5-12(23)24/h9-11H,2-8,17H2,1H3,(H,21,25)(H,22,26)(H,23,24)(H,27,28)(H4,18,19,20). The summed E-state index contributed by atoms with van der Waals surface area (Å²) in [4.78, 5) is 50.5. The van der Waals surface area contributed by atoms with Gasteiger partial charge in [0, 0.05) is 13.0 Å². The molecule has 0 rings (SSSR count). The van der Waals surface area contributed by atoms with E-state index in [1.807, 2.05) is 6.26 Å². The Hall–Kier alpha value is -2.54. The number of amides is 2. The van der Waals surface area contributed by atoms with E-state index in [1.54, 1.807) is 0 Å². The molecule has 0 fully saturated rings. The summed E-state index contributed by atoms with van der Waals surface area (Å²) in [7, 11) is 0. The lowest BCUT2D eigenvalue weighted by atomic mass is 10.1. The number of rotatable bonds is 15. The Labute approximate surface area is 173 Å². The van der Waals surface area contributed by atoms with Crippen molar-refractivity contribution in [1.82, 2.24) is 10.6 Å². The Morgan fingerprint density at radius 2 is 1.62 bits per heavy atom. The lowest BCUT2D eigenvalue weighted by Gasteiger charge is -2.22. The molecule has 2 amide bonds. The van der Waals surface area contributed by atoms with Gasteiger partial charge < -0.3 is 38.0 Å². The van der Waals surface area contributed by atoms with Gasteiger partial charge in [-0.05, 0) is 37.7 Å². The largest absolute Gasteiger partial charge is 0.481 e. The Morgan fingerprint density at radius 3 is 2.14 bits per heavy atom. The first kappa shape index (κ1) is 26.5. The van der Waals surface area contributed by atoms with Gasteiger partial charge in [-0.1, -0.05) is 0 Å². The van der Waals surface area contributed by atoms with Gasteiger partial charge in [0.05, 0.1) is 6.04 Å². The first-order valence-electron chi connectivity index (χ1n) is 8.93. The number of aliphatic carboxylic acids is 2. The van der Waals surface area contributed by atoms with Crippen LogP contribution < -0.4 is 27.8 Å². The van der Waals surface area contributed by atoms with Crippen LogP contribution in [0.3, 0.4) is 0 Å². The van der Waals surface area contributed by atoms with Gasteiger partial charge in [-0.3, -0.25) is 19.4 Å². The smallest absolute Gasteiger partial charge is 0.326 e. The average Bonchev–Trinajstić information content (AvgIpc) is 2.64. The highest BCUT2D eigenvalue weighted by molar-refractivity contribution is 7.98. The van der Waals surface area contributed by atoms with E-state index in [-0.39, 0.29) is 25.3 Å². The van der Waals surface area contributed by atoms with Crippen molar-refractivity contribution in [3.63, 3.8) is 0 Å². The van der Waals surface area contributed by atoms with Crippen LogP contribution in [0.4, 0.5) is 0 Å². The van der Waals surface area contributed by atoms with Gasteiger partial charge in [0.2, 0.25) is 11.8 Å². The summed E-state index contributed by atoms with van der Waals surface area (Å²) in [6.45, 7) is 0.210. The summed E-state index contributed by atoms with van der Waals surface area (Å²) in [6.07, 6.45) is 2.02. The van der Waals surface area contributed by atoms with Crippen LogP contribution in [0.2, 0.25) is 0 Å². The molecule has 10 N–H and O–H groups in total. The van der Waals surface area contributed by atoms with Gasteiger partial charge in [-0.15, -0.1) is 0 Å². The van der Waals surface area contributed by atoms with Gasteiger partial charge in [0.15, 0.2) is 5.96 Å². The molecule has 0 aromatic heterocycles. The van der Waals surface area contributed by atoms with E-state index in [0.29, 0.717) is 18.6 Å². The van der Waals surface area contributed by atoms with Crippen molar-refractivity contribution in [2.75, 3.05) is 18.6 Å². The highest BCUT2D eigenvalue weighted by Gasteiger charge is 2.28. The molecule has 29 heavy (non-hydrogen) atoms. The number of aliphatic imine (C=N–C) groups is 1. The van der Waals surface area contributed by atoms with Crippen molar-refractivity contribution in [3.05, 3.63) is 0 Å². The molecule has 0 aliphatic rings. The van der Waals surface area contributed by atoms with Crippen LogP contribution in [0.1, 0.15) is 32.1 Å². The third-order valence-electron chi connectivity index (χ3n) is 3.81. The zero-order chi connectivity index (χ0) is 22.4. The molecule has 12 nitrogen and oxygen atoms in total. The van der Waals surface area contributed by atoms with Crippen LogP contribution in [0, 0.1) is 0 Å². The van der Waals surface area contributed by atoms with Crippen LogP contribution in [-0.4, -0.2) is 76.6 Å². The third kappa shape index (κ3) is 12.5. The molecule has 0 aliphatic carbocycles. The van der Waals surface area contributed by atoms with E-state index in [0.717, 1.165) is 0 Å². The van der Waals surface area contributed by atoms with Crippen LogP contribution >= 0.6 is 11.8 Å². The van der Waals surface area contributed by atoms with Crippen molar-refractivity contribution in [1.29, 1.82) is 0 Å². The van der Waals surface area contributed by atoms with Crippen molar-refractivity contribution in [2.24, 2.45) is 22.2 Å². The minimum atomic E-state index is -1.40. The molecule has 0 saturated heterocycles. The number of carboxylic acids is 2. The fourth-order valence-electron chi connectivity index (χ4n) is 2.22. The molecule has 0 saturated carbocycles. The predicted octanol–water partition coefficient (Wildman–Crippen LogP) is -1.96. The quantitative estimate of drug-likeness (QED) is 0.0855. The maximum Gasteiger partial charge on any atom is 0.326 e. The molecule has 0 aromatic carbocycles. The number of thioether (sulfide) groups is 1. The molecular weight excluding hydrogens is 404 g/mol. The third-order valence-corrected chi connectivity index (χ3v) is 4.45. The van der Waals surface area contributed by atoms with Gasteiger partial charge in [0.1, 0.15) is 12.1 Å². The van der Waals surface area contributed by atoms with Crippen LogP contribution in [-0.2, 0) is 19.2 Å². The fraction of sp³-hybridized carbons (Fsp3) is 0.688. The molecule has 0 spiro atoms. The number of carbonyl (C=O) groups excluding carboxylic acids is 2. The van der Waals surface area contributed by atoms with E-state index in [1.165, 1.54) is 11.8 Å². The number of carbonyl (C=O) groups is 4. The molecule has 166 valence electrons. The molecule has 3 unspecified atom stereocenters. The first-order chi connectivity index (χ1) is 13.6. The van der Waals surface area contributed by atoms with E-state index < -0.39 is 48.3 Å². The maximum absolute atomic E-state index is 12.5. The zero-order valence-corrected chi connectivity index (χ0v) is 17.1. The Balaban J connectivity index is 5.09. The van der Waals surface area contributed by atoms with Gasteiger partial charge >= 0.3 is 11.9 Å². The monoisotopic (exact) mass is 434 g/mol. The average molecular weight is 435 g/mol. The summed E-state index contributed by atoms with van der Waals surface area (Å²) < 4.78 is 0. The van der Waals surface area contributed by atoms with Crippen molar-refractivity contribution < 1.29 is 29.4 Å². The van der Waals surface area contributed by atoms with E-state index in [2.05, 4.69) is 15.6 Å². The van der Waals surface area contributed by atoms with Gasteiger partial charge in [-0.25, -0.2) is 4.79 Å². The predicted molar refractivity (Wildman–Crippen MR) is 109 cm³/mol. The molecule has 0 aromatic rings. The van der Waals surface area contributed by atoms with Crippen LogP contribution in [0.15, 0.2) is 4.99 Å². The zero-order valence-electron chi connectivity index (χ0n) is 16.3. The number of hydrogen-bond donors (Lipinski definition) is 7. The second-order valence-electron chi connectivity index (χ2n) is 6.23. The fourth-order valence-corrected chi connectivity index (χ4v) is 2.71. The number of nitrogens with two attached hydrogens (primary N) is 3. The minimum absolute atomic E-state index is 0.117. The molecule has 0 bridgehead atoms. The van der Waals surface area contributed by atoms with Crippen molar-refractivity contribution in [3.8, 4) is 0 Å². The Kier molecular flexibility index (Phi) is 13.2. The van der Waals surface area contributed by atoms with Crippen LogP contribution in [0.25, 0.3) is 0 Å². The SMILES string of the molecule is CSCCC(N)C(=O)NC(CCCN=C(N)N)C(=O)NC(CCC(=O)O)C(=O)O. The number of nitrogens with one attached hydrogen (secondary N) is 2. The normalized spacial score (nSPS) is 13.6. The highest BCUT2D eigenvalue weighted by atomic mass is 32.2. The van der Waals surface area contributed by atoms with Crippen molar-refractivity contribution >= 4 is 41.5 Å². The van der Waals surface area contributed by atoms with Gasteiger partial charge in [-0.2, -0.15) is 11.8 Å². The maximum atomic E-state index is 12.5. The summed E-state index contributed by atoms with van der Waals surface area (Å²) >= 11 is 1.52. The summed E-state index contributed by atoms with van der Waals surface area (Å²) in [6, 6.07) is -3.29. The molecule has 0 aliphatic heterocycles. The first-order valence-corrected chi connectivity index (χ1v) is 10.3. The lowest BCUT2D eigenvalue weighted by Crippen LogP contribution is -2.54. The van der Waals surface area contributed by atoms with E-state index in [9.17, 15) is 24.3 Å². The van der Waals surface area contributed by atoms with Gasteiger partial charge in [0.25, 0.3) is 0 Å². The molecule has 13 heteroatoms. The molecule has 0 heterocycles. The minimum Gasteiger partial charge on any atom is -0.481 e. The number of nitrogens with zero attached hydrogens (tertiary/aromatic N) is 1. The summed E-state index contributed by atoms with van der Waals surface area (Å²) in [5.41, 5.74) is 16.3. The highest BCUT2D eigenvalue weighted by Crippen LogP contribution is 2.05. The molecule has 0 radical (unpaired) electrons. The number of hydrogen-bond acceptors (Lipinski definition) is 7. The van der Waals surface area contributed by atoms with E-state index >= 15 is 0 Å². The van der Waals surface area contributed by atoms with Crippen LogP contribution in [0.5, 0.6) is 0 Å². The Bertz CT molecular complexity index is 598. The molecular formula is C16H30N6O6S. The number of carboxylic acid groups (broad SMARTS) is 2.